The van der Waals surface area contributed by atoms with Gasteiger partial charge in [-0.05, 0) is 31.5 Å². The minimum absolute atomic E-state index is 0.145. The van der Waals surface area contributed by atoms with Crippen LogP contribution in [0.2, 0.25) is 0 Å². The van der Waals surface area contributed by atoms with Crippen molar-refractivity contribution in [1.29, 1.82) is 0 Å². The topological polar surface area (TPSA) is 15.3 Å². The lowest BCUT2D eigenvalue weighted by atomic mass is 9.95. The van der Waals surface area contributed by atoms with Gasteiger partial charge in [0.1, 0.15) is 0 Å². The van der Waals surface area contributed by atoms with Gasteiger partial charge in [-0.25, -0.2) is 0 Å². The second-order valence-corrected chi connectivity index (χ2v) is 6.34. The monoisotopic (exact) mass is 350 g/mol. The van der Waals surface area contributed by atoms with Gasteiger partial charge in [-0.1, -0.05) is 22.9 Å². The number of nitrogens with zero attached hydrogens (tertiary/aromatic N) is 1. The number of halogens is 4. The predicted octanol–water partition coefficient (Wildman–Crippen LogP) is 4.05. The van der Waals surface area contributed by atoms with Gasteiger partial charge in [0.2, 0.25) is 0 Å². The van der Waals surface area contributed by atoms with Gasteiger partial charge in [0.15, 0.2) is 0 Å². The minimum Gasteiger partial charge on any atom is -0.368 e. The molecule has 112 valence electrons. The third kappa shape index (κ3) is 3.28. The second kappa shape index (κ2) is 5.56. The number of anilines is 1. The van der Waals surface area contributed by atoms with E-state index < -0.39 is 11.7 Å². The van der Waals surface area contributed by atoms with Gasteiger partial charge in [0.05, 0.1) is 5.56 Å². The smallest absolute Gasteiger partial charge is 0.368 e. The van der Waals surface area contributed by atoms with Crippen molar-refractivity contribution in [2.45, 2.75) is 32.0 Å². The van der Waals surface area contributed by atoms with Crippen LogP contribution in [0.1, 0.15) is 25.8 Å². The fraction of sp³-hybridized carbons (Fsp3) is 0.571. The Balaban J connectivity index is 2.37. The molecule has 1 aromatic rings. The van der Waals surface area contributed by atoms with Gasteiger partial charge >= 0.3 is 6.18 Å². The summed E-state index contributed by atoms with van der Waals surface area (Å²) in [6.45, 7) is 5.94. The van der Waals surface area contributed by atoms with E-state index in [0.717, 1.165) is 12.5 Å². The summed E-state index contributed by atoms with van der Waals surface area (Å²) in [6.07, 6.45) is -3.46. The first kappa shape index (κ1) is 15.6. The van der Waals surface area contributed by atoms with E-state index in [1.807, 2.05) is 18.7 Å². The highest BCUT2D eigenvalue weighted by atomic mass is 79.9. The van der Waals surface area contributed by atoms with Gasteiger partial charge in [0, 0.05) is 35.3 Å². The van der Waals surface area contributed by atoms with Crippen LogP contribution in [0.25, 0.3) is 0 Å². The zero-order valence-electron chi connectivity index (χ0n) is 11.5. The summed E-state index contributed by atoms with van der Waals surface area (Å²) >= 11 is 3.12. The van der Waals surface area contributed by atoms with Crippen LogP contribution in [-0.2, 0) is 6.18 Å². The van der Waals surface area contributed by atoms with E-state index in [0.29, 0.717) is 24.1 Å². The van der Waals surface area contributed by atoms with Crippen molar-refractivity contribution in [2.75, 3.05) is 24.5 Å². The molecule has 2 nitrogen and oxygen atoms in total. The van der Waals surface area contributed by atoms with Crippen LogP contribution >= 0.6 is 15.9 Å². The molecule has 1 atom stereocenters. The Morgan fingerprint density at radius 1 is 1.40 bits per heavy atom. The average molecular weight is 351 g/mol. The van der Waals surface area contributed by atoms with E-state index in [-0.39, 0.29) is 11.2 Å². The Labute approximate surface area is 125 Å². The van der Waals surface area contributed by atoms with Crippen LogP contribution in [-0.4, -0.2) is 25.2 Å². The van der Waals surface area contributed by atoms with Crippen molar-refractivity contribution in [3.63, 3.8) is 0 Å². The Morgan fingerprint density at radius 3 is 2.70 bits per heavy atom. The van der Waals surface area contributed by atoms with Crippen LogP contribution in [0, 0.1) is 0 Å². The van der Waals surface area contributed by atoms with Crippen molar-refractivity contribution in [2.24, 2.45) is 0 Å². The Kier molecular flexibility index (Phi) is 4.35. The van der Waals surface area contributed by atoms with E-state index in [9.17, 15) is 13.2 Å². The van der Waals surface area contributed by atoms with Gasteiger partial charge < -0.3 is 10.2 Å². The molecular formula is C14H18BrF3N2. The molecule has 0 saturated carbocycles. The molecule has 0 amide bonds. The van der Waals surface area contributed by atoms with Gasteiger partial charge in [0.25, 0.3) is 0 Å². The standard InChI is InChI=1S/C14H18BrF3N2/c1-3-13(2)9-20(7-6-19-13)12-5-4-10(15)8-11(12)14(16,17)18/h4-5,8,19H,3,6-7,9H2,1-2H3. The third-order valence-corrected chi connectivity index (χ3v) is 4.35. The molecule has 0 radical (unpaired) electrons. The number of rotatable bonds is 2. The molecule has 1 aliphatic rings. The molecule has 1 saturated heterocycles. The molecule has 1 aliphatic heterocycles. The summed E-state index contributed by atoms with van der Waals surface area (Å²) in [6, 6.07) is 4.37. The van der Waals surface area contributed by atoms with Crippen molar-refractivity contribution >= 4 is 21.6 Å². The quantitative estimate of drug-likeness (QED) is 0.865. The zero-order valence-corrected chi connectivity index (χ0v) is 13.1. The molecule has 0 aliphatic carbocycles. The summed E-state index contributed by atoms with van der Waals surface area (Å²) in [4.78, 5) is 1.83. The summed E-state index contributed by atoms with van der Waals surface area (Å²) in [5.74, 6) is 0. The zero-order chi connectivity index (χ0) is 15.0. The van der Waals surface area contributed by atoms with Crippen molar-refractivity contribution in [3.8, 4) is 0 Å². The number of benzene rings is 1. The number of hydrogen-bond donors (Lipinski definition) is 1. The largest absolute Gasteiger partial charge is 0.418 e. The number of hydrogen-bond acceptors (Lipinski definition) is 2. The highest BCUT2D eigenvalue weighted by molar-refractivity contribution is 9.10. The van der Waals surface area contributed by atoms with Crippen LogP contribution in [0.15, 0.2) is 22.7 Å². The fourth-order valence-corrected chi connectivity index (χ4v) is 2.86. The summed E-state index contributed by atoms with van der Waals surface area (Å²) in [7, 11) is 0. The normalized spacial score (nSPS) is 24.0. The molecule has 1 fully saturated rings. The molecule has 20 heavy (non-hydrogen) atoms. The summed E-state index contributed by atoms with van der Waals surface area (Å²) < 4.78 is 40.0. The predicted molar refractivity (Wildman–Crippen MR) is 78.1 cm³/mol. The maximum Gasteiger partial charge on any atom is 0.418 e. The third-order valence-electron chi connectivity index (χ3n) is 3.86. The van der Waals surface area contributed by atoms with Gasteiger partial charge in [-0.3, -0.25) is 0 Å². The Bertz CT molecular complexity index is 490. The van der Waals surface area contributed by atoms with E-state index in [2.05, 4.69) is 21.2 Å². The second-order valence-electron chi connectivity index (χ2n) is 5.42. The van der Waals surface area contributed by atoms with Crippen molar-refractivity contribution < 1.29 is 13.2 Å². The van der Waals surface area contributed by atoms with E-state index in [1.54, 1.807) is 12.1 Å². The first-order chi connectivity index (χ1) is 9.25. The molecular weight excluding hydrogens is 333 g/mol. The molecule has 1 N–H and O–H groups in total. The first-order valence-electron chi connectivity index (χ1n) is 6.62. The number of nitrogens with one attached hydrogen (secondary N) is 1. The van der Waals surface area contributed by atoms with Gasteiger partial charge in [-0.15, -0.1) is 0 Å². The first-order valence-corrected chi connectivity index (χ1v) is 7.41. The average Bonchev–Trinajstić information content (AvgIpc) is 2.38. The van der Waals surface area contributed by atoms with Crippen molar-refractivity contribution in [1.82, 2.24) is 5.32 Å². The Morgan fingerprint density at radius 2 is 2.10 bits per heavy atom. The summed E-state index contributed by atoms with van der Waals surface area (Å²) in [5, 5.41) is 3.38. The molecule has 0 spiro atoms. The maximum atomic E-state index is 13.2. The highest BCUT2D eigenvalue weighted by Gasteiger charge is 2.37. The lowest BCUT2D eigenvalue weighted by molar-refractivity contribution is -0.137. The van der Waals surface area contributed by atoms with Crippen LogP contribution < -0.4 is 10.2 Å². The lowest BCUT2D eigenvalue weighted by Gasteiger charge is -2.43. The fourth-order valence-electron chi connectivity index (χ4n) is 2.50. The van der Waals surface area contributed by atoms with E-state index in [1.165, 1.54) is 0 Å². The molecule has 2 rings (SSSR count). The number of piperazine rings is 1. The molecule has 6 heteroatoms. The highest BCUT2D eigenvalue weighted by Crippen LogP contribution is 2.39. The van der Waals surface area contributed by atoms with Gasteiger partial charge in [-0.2, -0.15) is 13.2 Å². The minimum atomic E-state index is -4.34. The molecule has 1 unspecified atom stereocenters. The molecule has 1 heterocycles. The molecule has 0 bridgehead atoms. The van der Waals surface area contributed by atoms with Crippen LogP contribution in [0.3, 0.4) is 0 Å². The SMILES string of the molecule is CCC1(C)CN(c2ccc(Br)cc2C(F)(F)F)CCN1. The summed E-state index contributed by atoms with van der Waals surface area (Å²) in [5.41, 5.74) is -0.456. The van der Waals surface area contributed by atoms with E-state index >= 15 is 0 Å². The Hall–Kier alpha value is -0.750. The van der Waals surface area contributed by atoms with Crippen LogP contribution in [0.4, 0.5) is 18.9 Å². The van der Waals surface area contributed by atoms with Crippen LogP contribution in [0.5, 0.6) is 0 Å². The maximum absolute atomic E-state index is 13.2. The molecule has 0 aromatic heterocycles. The molecule has 1 aromatic carbocycles. The number of alkyl halides is 3. The lowest BCUT2D eigenvalue weighted by Crippen LogP contribution is -2.58. The van der Waals surface area contributed by atoms with Crippen molar-refractivity contribution in [3.05, 3.63) is 28.2 Å². The van der Waals surface area contributed by atoms with E-state index in [4.69, 9.17) is 0 Å².